The third-order valence-corrected chi connectivity index (χ3v) is 15.4. The van der Waals surface area contributed by atoms with Gasteiger partial charge in [0.05, 0.1) is 22.4 Å². The number of pyridine rings is 2. The first kappa shape index (κ1) is 54.9. The SMILES string of the molecule is CC(C)(C)c1ccnc(-c2[c-]cccc2)c1.CC(C)c1cc(C(C)C)c(-c2ccc(-c3cc(C(C)C)c(-n4c(-c5[c-]ccc6c5oc5nc7c(cc56)oc5ccccc57)nc5ccccc54)c(C(C)C)c3)cc2)c(C(C)C)c1.[Ir]. The van der Waals surface area contributed by atoms with Gasteiger partial charge in [-0.25, -0.2) is 4.98 Å². The summed E-state index contributed by atoms with van der Waals surface area (Å²) in [5, 5.41) is 2.82. The molecular formula is C72H70IrN4O2-2. The Hall–Kier alpha value is -7.44. The smallest absolute Gasteiger partial charge is 0.216 e. The number of imidazole rings is 1. The van der Waals surface area contributed by atoms with Crippen molar-refractivity contribution in [3.63, 3.8) is 0 Å². The number of nitrogens with zero attached hydrogens (tertiary/aromatic N) is 4. The van der Waals surface area contributed by atoms with E-state index in [1.165, 1.54) is 55.6 Å². The number of furan rings is 2. The van der Waals surface area contributed by atoms with Gasteiger partial charge in [-0.15, -0.1) is 54.1 Å². The number of hydrogen-bond acceptors (Lipinski definition) is 5. The molecule has 0 saturated heterocycles. The van der Waals surface area contributed by atoms with E-state index in [0.717, 1.165) is 72.2 Å². The molecule has 0 aliphatic carbocycles. The Labute approximate surface area is 479 Å². The van der Waals surface area contributed by atoms with Crippen LogP contribution >= 0.6 is 0 Å². The van der Waals surface area contributed by atoms with Crippen molar-refractivity contribution in [2.75, 3.05) is 0 Å². The Balaban J connectivity index is 0.000000356. The molecule has 0 spiro atoms. The second-order valence-corrected chi connectivity index (χ2v) is 23.6. The van der Waals surface area contributed by atoms with Crippen LogP contribution in [-0.4, -0.2) is 19.5 Å². The molecule has 0 amide bonds. The second-order valence-electron chi connectivity index (χ2n) is 23.6. The predicted molar refractivity (Wildman–Crippen MR) is 326 cm³/mol. The molecule has 6 nitrogen and oxygen atoms in total. The molecule has 7 aromatic carbocycles. The van der Waals surface area contributed by atoms with Crippen molar-refractivity contribution in [2.45, 2.75) is 125 Å². The summed E-state index contributed by atoms with van der Waals surface area (Å²) >= 11 is 0. The zero-order chi connectivity index (χ0) is 54.7. The van der Waals surface area contributed by atoms with E-state index in [1.807, 2.05) is 60.8 Å². The number of aromatic nitrogens is 4. The van der Waals surface area contributed by atoms with Crippen LogP contribution in [0.4, 0.5) is 0 Å². The van der Waals surface area contributed by atoms with E-state index in [0.29, 0.717) is 29.1 Å². The second kappa shape index (κ2) is 22.0. The fourth-order valence-corrected chi connectivity index (χ4v) is 11.1. The van der Waals surface area contributed by atoms with Gasteiger partial charge in [0.1, 0.15) is 11.1 Å². The van der Waals surface area contributed by atoms with Crippen LogP contribution < -0.4 is 0 Å². The molecule has 0 aliphatic heterocycles. The summed E-state index contributed by atoms with van der Waals surface area (Å²) in [5.41, 5.74) is 22.9. The monoisotopic (exact) mass is 1220 g/mol. The number of benzene rings is 7. The largest absolute Gasteiger partial charge is 0.486 e. The summed E-state index contributed by atoms with van der Waals surface area (Å²) in [7, 11) is 0. The van der Waals surface area contributed by atoms with Gasteiger partial charge in [0.15, 0.2) is 5.58 Å². The van der Waals surface area contributed by atoms with Gasteiger partial charge in [0.2, 0.25) is 5.71 Å². The molecule has 5 heterocycles. The number of hydrogen-bond donors (Lipinski definition) is 0. The van der Waals surface area contributed by atoms with Gasteiger partial charge in [0.25, 0.3) is 0 Å². The zero-order valence-corrected chi connectivity index (χ0v) is 50.2. The molecule has 0 fully saturated rings. The van der Waals surface area contributed by atoms with Crippen LogP contribution in [-0.2, 0) is 25.5 Å². The summed E-state index contributed by atoms with van der Waals surface area (Å²) in [4.78, 5) is 14.8. The zero-order valence-electron chi connectivity index (χ0n) is 47.8. The Bertz CT molecular complexity index is 4110. The van der Waals surface area contributed by atoms with Crippen molar-refractivity contribution >= 4 is 55.2 Å². The van der Waals surface area contributed by atoms with Crippen molar-refractivity contribution in [3.8, 4) is 50.6 Å². The van der Waals surface area contributed by atoms with Crippen LogP contribution in [0.2, 0.25) is 0 Å². The number of rotatable bonds is 10. The van der Waals surface area contributed by atoms with Crippen molar-refractivity contribution in [1.82, 2.24) is 19.5 Å². The molecule has 1 radical (unpaired) electrons. The third kappa shape index (κ3) is 10.4. The molecule has 0 atom stereocenters. The molecule has 12 rings (SSSR count). The molecular weight excluding hydrogens is 1150 g/mol. The van der Waals surface area contributed by atoms with Gasteiger partial charge in [-0.3, -0.25) is 4.98 Å². The van der Waals surface area contributed by atoms with Crippen LogP contribution in [0.1, 0.15) is 153 Å². The molecule has 0 aliphatic rings. The van der Waals surface area contributed by atoms with Gasteiger partial charge in [-0.1, -0.05) is 168 Å². The van der Waals surface area contributed by atoms with E-state index in [2.05, 4.69) is 209 Å². The van der Waals surface area contributed by atoms with E-state index in [9.17, 15) is 0 Å². The standard InChI is InChI=1S/C57H54N3O2.C15H16N.Ir/c1-31(2)38-26-43(32(3)4)52(44(27-38)33(5)6)37-24-22-36(23-25-37)39-28-45(34(7)8)54(46(29-39)35(9)10)60-49-20-13-12-19-48(49)58-56(60)42-18-15-17-40-47-30-51-53(59-57(47)62-55(40)42)41-16-11-14-21-50(41)61-51;1-15(2,3)13-9-10-16-14(11-13)12-7-5-4-6-8-12;/h11-17,19-35H,1-10H3;4-7,9-11H,1-3H3;/q2*-1;. The summed E-state index contributed by atoms with van der Waals surface area (Å²) in [6.45, 7) is 29.7. The van der Waals surface area contributed by atoms with E-state index >= 15 is 0 Å². The normalized spacial score (nSPS) is 12.1. The van der Waals surface area contributed by atoms with Crippen LogP contribution in [0.3, 0.4) is 0 Å². The van der Waals surface area contributed by atoms with Crippen LogP contribution in [0.15, 0.2) is 167 Å². The minimum absolute atomic E-state index is 0. The number of fused-ring (bicyclic) bond motifs is 7. The molecule has 5 aromatic heterocycles. The van der Waals surface area contributed by atoms with Gasteiger partial charge in [-0.05, 0) is 145 Å². The first-order valence-corrected chi connectivity index (χ1v) is 27.9. The first-order chi connectivity index (χ1) is 37.4. The Morgan fingerprint density at radius 1 is 0.519 bits per heavy atom. The van der Waals surface area contributed by atoms with Gasteiger partial charge >= 0.3 is 0 Å². The molecule has 7 heteroatoms. The number of para-hydroxylation sites is 3. The van der Waals surface area contributed by atoms with Gasteiger partial charge in [0, 0.05) is 42.8 Å². The van der Waals surface area contributed by atoms with Crippen LogP contribution in [0, 0.1) is 12.1 Å². The van der Waals surface area contributed by atoms with Crippen molar-refractivity contribution < 1.29 is 28.9 Å². The molecule has 12 aromatic rings. The quantitative estimate of drug-likeness (QED) is 0.128. The fourth-order valence-electron chi connectivity index (χ4n) is 11.1. The van der Waals surface area contributed by atoms with Crippen LogP contribution in [0.5, 0.6) is 0 Å². The van der Waals surface area contributed by atoms with E-state index in [4.69, 9.17) is 18.8 Å². The Morgan fingerprint density at radius 2 is 1.16 bits per heavy atom. The fraction of sp³-hybridized carbons (Fsp3) is 0.264. The minimum atomic E-state index is 0. The minimum Gasteiger partial charge on any atom is -0.486 e. The average molecular weight is 1220 g/mol. The summed E-state index contributed by atoms with van der Waals surface area (Å²) in [6, 6.07) is 60.5. The summed E-state index contributed by atoms with van der Waals surface area (Å²) in [6.07, 6.45) is 1.87. The molecule has 79 heavy (non-hydrogen) atoms. The third-order valence-electron chi connectivity index (χ3n) is 15.4. The summed E-state index contributed by atoms with van der Waals surface area (Å²) in [5.74, 6) is 2.55. The maximum atomic E-state index is 6.74. The topological polar surface area (TPSA) is 69.9 Å². The molecule has 0 saturated carbocycles. The molecule has 401 valence electrons. The van der Waals surface area contributed by atoms with E-state index in [-0.39, 0.29) is 37.4 Å². The van der Waals surface area contributed by atoms with Crippen molar-refractivity contribution in [1.29, 1.82) is 0 Å². The summed E-state index contributed by atoms with van der Waals surface area (Å²) < 4.78 is 15.4. The van der Waals surface area contributed by atoms with Crippen molar-refractivity contribution in [3.05, 3.63) is 203 Å². The van der Waals surface area contributed by atoms with Crippen molar-refractivity contribution in [2.24, 2.45) is 0 Å². The molecule has 0 N–H and O–H groups in total. The van der Waals surface area contributed by atoms with Gasteiger partial charge < -0.3 is 18.4 Å². The predicted octanol–water partition coefficient (Wildman–Crippen LogP) is 20.5. The average Bonchev–Trinajstić information content (AvgIpc) is 4.13. The van der Waals surface area contributed by atoms with E-state index < -0.39 is 0 Å². The van der Waals surface area contributed by atoms with E-state index in [1.54, 1.807) is 0 Å². The molecule has 0 unspecified atom stereocenters. The van der Waals surface area contributed by atoms with Gasteiger partial charge in [-0.2, -0.15) is 0 Å². The Kier molecular flexibility index (Phi) is 15.3. The maximum absolute atomic E-state index is 6.74. The first-order valence-electron chi connectivity index (χ1n) is 27.9. The van der Waals surface area contributed by atoms with Crippen LogP contribution in [0.25, 0.3) is 106 Å². The Morgan fingerprint density at radius 3 is 1.81 bits per heavy atom. The maximum Gasteiger partial charge on any atom is 0.216 e. The molecule has 0 bridgehead atoms.